The molecule has 0 bridgehead atoms. The Morgan fingerprint density at radius 3 is 2.66 bits per heavy atom. The lowest BCUT2D eigenvalue weighted by Gasteiger charge is -2.33. The average molecular weight is 598 g/mol. The minimum absolute atomic E-state index is 0.0790. The van der Waals surface area contributed by atoms with Crippen LogP contribution in [-0.2, 0) is 16.1 Å². The molecule has 2 atom stereocenters. The fourth-order valence-electron chi connectivity index (χ4n) is 6.02. The van der Waals surface area contributed by atoms with Gasteiger partial charge in [-0.05, 0) is 79.3 Å². The van der Waals surface area contributed by atoms with Crippen molar-refractivity contribution in [3.8, 4) is 16.9 Å². The second kappa shape index (κ2) is 14.1. The fraction of sp³-hybridized carbons (Fsp3) is 0.400. The molecule has 9 nitrogen and oxygen atoms in total. The number of rotatable bonds is 11. The molecule has 9 heteroatoms. The number of fused-ring (bicyclic) bond motifs is 1. The predicted octanol–water partition coefficient (Wildman–Crippen LogP) is 4.98. The van der Waals surface area contributed by atoms with Crippen LogP contribution in [0.5, 0.6) is 5.75 Å². The van der Waals surface area contributed by atoms with Gasteiger partial charge in [-0.1, -0.05) is 50.2 Å². The summed E-state index contributed by atoms with van der Waals surface area (Å²) in [5, 5.41) is 5.82. The first kappa shape index (κ1) is 31.2. The highest BCUT2D eigenvalue weighted by Crippen LogP contribution is 2.33. The van der Waals surface area contributed by atoms with Crippen molar-refractivity contribution in [1.82, 2.24) is 9.80 Å². The number of hydrogen-bond acceptors (Lipinski definition) is 6. The molecule has 232 valence electrons. The van der Waals surface area contributed by atoms with Gasteiger partial charge in [-0.25, -0.2) is 0 Å². The minimum atomic E-state index is -0.563. The topological polar surface area (TPSA) is 117 Å². The number of carbonyl (C=O) groups is 3. The number of piperidine rings is 1. The molecule has 3 amide bonds. The van der Waals surface area contributed by atoms with E-state index in [9.17, 15) is 14.4 Å². The van der Waals surface area contributed by atoms with Crippen LogP contribution in [0.25, 0.3) is 11.1 Å². The number of hydrogen-bond donors (Lipinski definition) is 3. The highest BCUT2D eigenvalue weighted by Gasteiger charge is 2.25. The number of benzene rings is 3. The minimum Gasteiger partial charge on any atom is -0.479 e. The summed E-state index contributed by atoms with van der Waals surface area (Å²) < 4.78 is 5.65. The molecule has 0 radical (unpaired) electrons. The number of likely N-dealkylation sites (tertiary alicyclic amines) is 1. The molecule has 0 saturated carbocycles. The second-order valence-corrected chi connectivity index (χ2v) is 12.3. The van der Waals surface area contributed by atoms with Crippen molar-refractivity contribution in [2.45, 2.75) is 46.3 Å². The summed E-state index contributed by atoms with van der Waals surface area (Å²) in [4.78, 5) is 42.2. The van der Waals surface area contributed by atoms with E-state index in [0.717, 1.165) is 55.7 Å². The lowest BCUT2D eigenvalue weighted by Crippen LogP contribution is -2.44. The Hall–Kier alpha value is -4.21. The van der Waals surface area contributed by atoms with Crippen LogP contribution >= 0.6 is 0 Å². The number of ether oxygens (including phenoxy) is 1. The first-order valence-corrected chi connectivity index (χ1v) is 15.5. The zero-order valence-electron chi connectivity index (χ0n) is 25.8. The van der Waals surface area contributed by atoms with E-state index in [1.165, 1.54) is 0 Å². The van der Waals surface area contributed by atoms with E-state index >= 15 is 0 Å². The Morgan fingerprint density at radius 2 is 1.91 bits per heavy atom. The number of nitrogens with one attached hydrogen (secondary N) is 2. The Bertz CT molecular complexity index is 1490. The van der Waals surface area contributed by atoms with Crippen LogP contribution in [0.3, 0.4) is 0 Å². The van der Waals surface area contributed by atoms with Crippen LogP contribution in [0.2, 0.25) is 0 Å². The molecule has 0 spiro atoms. The van der Waals surface area contributed by atoms with Gasteiger partial charge in [0.1, 0.15) is 5.75 Å². The van der Waals surface area contributed by atoms with E-state index in [-0.39, 0.29) is 23.6 Å². The van der Waals surface area contributed by atoms with Gasteiger partial charge in [-0.15, -0.1) is 0 Å². The second-order valence-electron chi connectivity index (χ2n) is 12.3. The number of amides is 3. The van der Waals surface area contributed by atoms with Crippen molar-refractivity contribution in [1.29, 1.82) is 0 Å². The Kier molecular flexibility index (Phi) is 9.97. The van der Waals surface area contributed by atoms with E-state index in [0.29, 0.717) is 41.7 Å². The lowest BCUT2D eigenvalue weighted by atomic mass is 9.96. The maximum atomic E-state index is 13.5. The molecular weight excluding hydrogens is 554 g/mol. The van der Waals surface area contributed by atoms with Crippen LogP contribution in [0, 0.1) is 11.8 Å². The average Bonchev–Trinajstić information content (AvgIpc) is 3.01. The van der Waals surface area contributed by atoms with Crippen LogP contribution < -0.4 is 21.1 Å². The highest BCUT2D eigenvalue weighted by atomic mass is 16.5. The van der Waals surface area contributed by atoms with Crippen molar-refractivity contribution < 1.29 is 19.1 Å². The molecule has 1 saturated heterocycles. The van der Waals surface area contributed by atoms with Crippen LogP contribution in [-0.4, -0.2) is 66.3 Å². The third-order valence-electron chi connectivity index (χ3n) is 8.28. The molecule has 3 aromatic rings. The Balaban J connectivity index is 1.36. The third kappa shape index (κ3) is 7.84. The van der Waals surface area contributed by atoms with Crippen molar-refractivity contribution in [2.75, 3.05) is 43.4 Å². The highest BCUT2D eigenvalue weighted by molar-refractivity contribution is 6.05. The van der Waals surface area contributed by atoms with Gasteiger partial charge in [0.2, 0.25) is 5.91 Å². The largest absolute Gasteiger partial charge is 0.479 e. The number of anilines is 2. The molecule has 3 aromatic carbocycles. The van der Waals surface area contributed by atoms with Gasteiger partial charge >= 0.3 is 0 Å². The van der Waals surface area contributed by atoms with Gasteiger partial charge < -0.3 is 26.0 Å². The molecular formula is C35H43N5O4. The lowest BCUT2D eigenvalue weighted by molar-refractivity contribution is -0.123. The van der Waals surface area contributed by atoms with Gasteiger partial charge in [0, 0.05) is 44.0 Å². The monoisotopic (exact) mass is 597 g/mol. The molecule has 4 N–H and O–H groups in total. The first-order valence-electron chi connectivity index (χ1n) is 15.5. The van der Waals surface area contributed by atoms with Crippen LogP contribution in [0.4, 0.5) is 11.4 Å². The van der Waals surface area contributed by atoms with Gasteiger partial charge in [-0.3, -0.25) is 19.3 Å². The summed E-state index contributed by atoms with van der Waals surface area (Å²) in [6.07, 6.45) is 1.28. The summed E-state index contributed by atoms with van der Waals surface area (Å²) in [5.41, 5.74) is 10.5. The summed E-state index contributed by atoms with van der Waals surface area (Å²) in [5.74, 6) is 0.288. The number of nitrogens with two attached hydrogens (primary N) is 1. The van der Waals surface area contributed by atoms with E-state index in [4.69, 9.17) is 10.5 Å². The molecule has 2 heterocycles. The summed E-state index contributed by atoms with van der Waals surface area (Å²) in [7, 11) is 0. The Labute approximate surface area is 259 Å². The molecule has 0 aromatic heterocycles. The van der Waals surface area contributed by atoms with Gasteiger partial charge in [0.05, 0.1) is 11.6 Å². The standard InChI is InChI=1S/C35H43N5O4/c1-23(2)20-40(17-16-39-15-7-10-27(21-39)33(36)41)22-28-18-26(11-13-30(28)25-8-5-4-6-9-25)35(43)37-29-12-14-32-31(19-29)38-34(42)24(3)44-32/h4-6,8-9,11-14,18-19,23-24,27H,7,10,15-17,20-22H2,1-3H3,(H2,36,41)(H,37,43)(H,38,42). The molecule has 0 aliphatic carbocycles. The van der Waals surface area contributed by atoms with E-state index in [1.54, 1.807) is 25.1 Å². The maximum absolute atomic E-state index is 13.5. The fourth-order valence-corrected chi connectivity index (χ4v) is 6.02. The number of carbonyl (C=O) groups excluding carboxylic acids is 3. The van der Waals surface area contributed by atoms with Gasteiger partial charge in [-0.2, -0.15) is 0 Å². The normalized spacial score (nSPS) is 18.4. The van der Waals surface area contributed by atoms with Gasteiger partial charge in [0.15, 0.2) is 6.10 Å². The molecule has 2 aliphatic heterocycles. The van der Waals surface area contributed by atoms with Crippen LogP contribution in [0.15, 0.2) is 66.7 Å². The quantitative estimate of drug-likeness (QED) is 0.287. The van der Waals surface area contributed by atoms with E-state index in [1.807, 2.05) is 36.4 Å². The first-order chi connectivity index (χ1) is 21.2. The molecule has 1 fully saturated rings. The van der Waals surface area contributed by atoms with E-state index in [2.05, 4.69) is 46.4 Å². The summed E-state index contributed by atoms with van der Waals surface area (Å²) >= 11 is 0. The SMILES string of the molecule is CC(C)CN(CCN1CCCC(C(N)=O)C1)Cc1cc(C(=O)Nc2ccc3c(c2)NC(=O)C(C)O3)ccc1-c1ccccc1. The van der Waals surface area contributed by atoms with Crippen molar-refractivity contribution in [3.05, 3.63) is 77.9 Å². The Morgan fingerprint density at radius 1 is 1.11 bits per heavy atom. The molecule has 44 heavy (non-hydrogen) atoms. The number of nitrogens with zero attached hydrogens (tertiary/aromatic N) is 2. The van der Waals surface area contributed by atoms with Crippen molar-refractivity contribution in [2.24, 2.45) is 17.6 Å². The zero-order chi connectivity index (χ0) is 31.2. The molecule has 2 unspecified atom stereocenters. The summed E-state index contributed by atoms with van der Waals surface area (Å²) in [6, 6.07) is 21.3. The zero-order valence-corrected chi connectivity index (χ0v) is 25.8. The smallest absolute Gasteiger partial charge is 0.265 e. The van der Waals surface area contributed by atoms with Crippen LogP contribution in [0.1, 0.15) is 49.5 Å². The van der Waals surface area contributed by atoms with E-state index < -0.39 is 6.10 Å². The molecule has 5 rings (SSSR count). The van der Waals surface area contributed by atoms with Crippen molar-refractivity contribution in [3.63, 3.8) is 0 Å². The maximum Gasteiger partial charge on any atom is 0.265 e. The van der Waals surface area contributed by atoms with Crippen molar-refractivity contribution >= 4 is 29.1 Å². The number of primary amides is 1. The summed E-state index contributed by atoms with van der Waals surface area (Å²) in [6.45, 7) is 11.1. The molecule has 2 aliphatic rings. The van der Waals surface area contributed by atoms with Gasteiger partial charge in [0.25, 0.3) is 11.8 Å². The third-order valence-corrected chi connectivity index (χ3v) is 8.28. The predicted molar refractivity (Wildman–Crippen MR) is 173 cm³/mol.